The molecule has 0 spiro atoms. The third-order valence-corrected chi connectivity index (χ3v) is 3.63. The van der Waals surface area contributed by atoms with Crippen molar-refractivity contribution in [1.29, 1.82) is 0 Å². The van der Waals surface area contributed by atoms with E-state index >= 15 is 0 Å². The molecule has 1 atom stereocenters. The lowest BCUT2D eigenvalue weighted by atomic mass is 9.78. The van der Waals surface area contributed by atoms with E-state index in [9.17, 15) is 0 Å². The van der Waals surface area contributed by atoms with Crippen molar-refractivity contribution in [1.82, 2.24) is 5.32 Å². The Labute approximate surface area is 95.0 Å². The standard InChI is InChI=1S/C12H18BrN/c1-9(14-4)12(2,3)10-5-7-11(13)8-6-10/h5-9,14H,1-4H3. The van der Waals surface area contributed by atoms with E-state index in [0.717, 1.165) is 4.47 Å². The van der Waals surface area contributed by atoms with Crippen molar-refractivity contribution >= 4 is 15.9 Å². The van der Waals surface area contributed by atoms with E-state index in [1.54, 1.807) is 0 Å². The first-order valence-corrected chi connectivity index (χ1v) is 5.71. The van der Waals surface area contributed by atoms with E-state index in [-0.39, 0.29) is 5.41 Å². The van der Waals surface area contributed by atoms with Crippen molar-refractivity contribution < 1.29 is 0 Å². The fourth-order valence-electron chi connectivity index (χ4n) is 1.49. The van der Waals surface area contributed by atoms with Crippen molar-refractivity contribution in [3.05, 3.63) is 34.3 Å². The van der Waals surface area contributed by atoms with Crippen LogP contribution >= 0.6 is 15.9 Å². The summed E-state index contributed by atoms with van der Waals surface area (Å²) in [6.07, 6.45) is 0. The molecule has 0 aliphatic heterocycles. The lowest BCUT2D eigenvalue weighted by Gasteiger charge is -2.32. The van der Waals surface area contributed by atoms with Crippen molar-refractivity contribution in [2.45, 2.75) is 32.2 Å². The number of halogens is 1. The lowest BCUT2D eigenvalue weighted by molar-refractivity contribution is 0.383. The Kier molecular flexibility index (Phi) is 3.73. The molecule has 0 aromatic heterocycles. The molecule has 1 aromatic rings. The molecular formula is C12H18BrN. The molecule has 14 heavy (non-hydrogen) atoms. The van der Waals surface area contributed by atoms with Crippen LogP contribution in [0.1, 0.15) is 26.3 Å². The van der Waals surface area contributed by atoms with Crippen LogP contribution in [0, 0.1) is 0 Å². The van der Waals surface area contributed by atoms with Crippen molar-refractivity contribution in [3.8, 4) is 0 Å². The SMILES string of the molecule is CNC(C)C(C)(C)c1ccc(Br)cc1. The van der Waals surface area contributed by atoms with Crippen LogP contribution in [0.3, 0.4) is 0 Å². The van der Waals surface area contributed by atoms with Crippen LogP contribution in [-0.4, -0.2) is 13.1 Å². The molecule has 78 valence electrons. The minimum absolute atomic E-state index is 0.162. The molecule has 0 saturated heterocycles. The van der Waals surface area contributed by atoms with Crippen LogP contribution in [0.5, 0.6) is 0 Å². The Morgan fingerprint density at radius 2 is 1.71 bits per heavy atom. The Bertz CT molecular complexity index is 290. The summed E-state index contributed by atoms with van der Waals surface area (Å²) in [7, 11) is 2.01. The molecule has 0 bridgehead atoms. The fourth-order valence-corrected chi connectivity index (χ4v) is 1.75. The predicted octanol–water partition coefficient (Wildman–Crippen LogP) is 3.33. The molecule has 0 saturated carbocycles. The van der Waals surface area contributed by atoms with Gasteiger partial charge in [-0.2, -0.15) is 0 Å². The second kappa shape index (κ2) is 4.45. The Balaban J connectivity index is 2.97. The van der Waals surface area contributed by atoms with Gasteiger partial charge < -0.3 is 5.32 Å². The van der Waals surface area contributed by atoms with Gasteiger partial charge in [0.1, 0.15) is 0 Å². The van der Waals surface area contributed by atoms with E-state index < -0.39 is 0 Å². The molecule has 0 radical (unpaired) electrons. The molecule has 0 aliphatic carbocycles. The highest BCUT2D eigenvalue weighted by Gasteiger charge is 2.26. The Morgan fingerprint density at radius 1 is 1.21 bits per heavy atom. The molecule has 0 heterocycles. The smallest absolute Gasteiger partial charge is 0.0175 e. The maximum atomic E-state index is 3.45. The van der Waals surface area contributed by atoms with Gasteiger partial charge in [-0.1, -0.05) is 41.9 Å². The number of likely N-dealkylation sites (N-methyl/N-ethyl adjacent to an activating group) is 1. The normalized spacial score (nSPS) is 14.1. The first kappa shape index (κ1) is 11.7. The highest BCUT2D eigenvalue weighted by molar-refractivity contribution is 9.10. The van der Waals surface area contributed by atoms with E-state index in [0.29, 0.717) is 6.04 Å². The minimum Gasteiger partial charge on any atom is -0.316 e. The second-order valence-corrected chi connectivity index (χ2v) is 5.15. The number of hydrogen-bond donors (Lipinski definition) is 1. The van der Waals surface area contributed by atoms with Gasteiger partial charge in [-0.3, -0.25) is 0 Å². The summed E-state index contributed by atoms with van der Waals surface area (Å²) in [6, 6.07) is 9.01. The third-order valence-electron chi connectivity index (χ3n) is 3.10. The summed E-state index contributed by atoms with van der Waals surface area (Å²) in [6.45, 7) is 6.73. The van der Waals surface area contributed by atoms with Gasteiger partial charge in [0, 0.05) is 15.9 Å². The van der Waals surface area contributed by atoms with Crippen molar-refractivity contribution in [2.75, 3.05) is 7.05 Å². The fraction of sp³-hybridized carbons (Fsp3) is 0.500. The van der Waals surface area contributed by atoms with Gasteiger partial charge in [-0.15, -0.1) is 0 Å². The van der Waals surface area contributed by atoms with E-state index in [2.05, 4.69) is 66.3 Å². The monoisotopic (exact) mass is 255 g/mol. The first-order chi connectivity index (χ1) is 6.48. The number of rotatable bonds is 3. The Morgan fingerprint density at radius 3 is 2.14 bits per heavy atom. The zero-order chi connectivity index (χ0) is 10.8. The van der Waals surface area contributed by atoms with Gasteiger partial charge in [0.25, 0.3) is 0 Å². The summed E-state index contributed by atoms with van der Waals surface area (Å²) >= 11 is 3.45. The summed E-state index contributed by atoms with van der Waals surface area (Å²) in [5, 5.41) is 3.31. The van der Waals surface area contributed by atoms with Crippen LogP contribution in [-0.2, 0) is 5.41 Å². The Hall–Kier alpha value is -0.340. The minimum atomic E-state index is 0.162. The van der Waals surface area contributed by atoms with Gasteiger partial charge in [-0.05, 0) is 31.7 Å². The van der Waals surface area contributed by atoms with Crippen LogP contribution in [0.15, 0.2) is 28.7 Å². The van der Waals surface area contributed by atoms with Gasteiger partial charge in [0.2, 0.25) is 0 Å². The number of benzene rings is 1. The van der Waals surface area contributed by atoms with E-state index in [4.69, 9.17) is 0 Å². The second-order valence-electron chi connectivity index (χ2n) is 4.24. The van der Waals surface area contributed by atoms with Crippen LogP contribution in [0.2, 0.25) is 0 Å². The molecule has 1 aromatic carbocycles. The molecule has 2 heteroatoms. The maximum absolute atomic E-state index is 3.45. The topological polar surface area (TPSA) is 12.0 Å². The summed E-state index contributed by atoms with van der Waals surface area (Å²) in [4.78, 5) is 0. The van der Waals surface area contributed by atoms with Crippen LogP contribution in [0.4, 0.5) is 0 Å². The zero-order valence-electron chi connectivity index (χ0n) is 9.26. The molecule has 1 N–H and O–H groups in total. The van der Waals surface area contributed by atoms with E-state index in [1.165, 1.54) is 5.56 Å². The average Bonchev–Trinajstić information content (AvgIpc) is 2.17. The van der Waals surface area contributed by atoms with E-state index in [1.807, 2.05) is 7.05 Å². The molecule has 0 aliphatic rings. The largest absolute Gasteiger partial charge is 0.316 e. The summed E-state index contributed by atoms with van der Waals surface area (Å²) in [5.74, 6) is 0. The molecular weight excluding hydrogens is 238 g/mol. The molecule has 1 nitrogen and oxygen atoms in total. The predicted molar refractivity (Wildman–Crippen MR) is 65.7 cm³/mol. The molecule has 0 amide bonds. The first-order valence-electron chi connectivity index (χ1n) is 4.92. The van der Waals surface area contributed by atoms with Gasteiger partial charge in [-0.25, -0.2) is 0 Å². The van der Waals surface area contributed by atoms with Gasteiger partial charge in [0.05, 0.1) is 0 Å². The lowest BCUT2D eigenvalue weighted by Crippen LogP contribution is -2.40. The quantitative estimate of drug-likeness (QED) is 0.874. The summed E-state index contributed by atoms with van der Waals surface area (Å²) in [5.41, 5.74) is 1.53. The number of nitrogens with one attached hydrogen (secondary N) is 1. The number of hydrogen-bond acceptors (Lipinski definition) is 1. The van der Waals surface area contributed by atoms with Crippen molar-refractivity contribution in [2.24, 2.45) is 0 Å². The summed E-state index contributed by atoms with van der Waals surface area (Å²) < 4.78 is 1.13. The van der Waals surface area contributed by atoms with Gasteiger partial charge in [0.15, 0.2) is 0 Å². The average molecular weight is 256 g/mol. The van der Waals surface area contributed by atoms with Crippen molar-refractivity contribution in [3.63, 3.8) is 0 Å². The van der Waals surface area contributed by atoms with Crippen LogP contribution < -0.4 is 5.32 Å². The molecule has 1 unspecified atom stereocenters. The third kappa shape index (κ3) is 2.37. The highest BCUT2D eigenvalue weighted by Crippen LogP contribution is 2.27. The van der Waals surface area contributed by atoms with Crippen LogP contribution in [0.25, 0.3) is 0 Å². The molecule has 1 rings (SSSR count). The zero-order valence-corrected chi connectivity index (χ0v) is 10.9. The molecule has 0 fully saturated rings. The van der Waals surface area contributed by atoms with Gasteiger partial charge >= 0.3 is 0 Å². The maximum Gasteiger partial charge on any atom is 0.0175 e. The highest BCUT2D eigenvalue weighted by atomic mass is 79.9.